The predicted molar refractivity (Wildman–Crippen MR) is 252 cm³/mol. The summed E-state index contributed by atoms with van der Waals surface area (Å²) in [5.74, 6) is 1.72. The molecule has 2 heterocycles. The van der Waals surface area contributed by atoms with E-state index in [4.69, 9.17) is 9.97 Å². The smallest absolute Gasteiger partial charge is 0.137 e. The van der Waals surface area contributed by atoms with Crippen molar-refractivity contribution < 1.29 is 0 Å². The van der Waals surface area contributed by atoms with E-state index in [0.29, 0.717) is 0 Å². The summed E-state index contributed by atoms with van der Waals surface area (Å²) in [6.07, 6.45) is 3.72. The average molecular weight is 781 g/mol. The Kier molecular flexibility index (Phi) is 9.02. The van der Waals surface area contributed by atoms with E-state index >= 15 is 0 Å². The minimum Gasteiger partial charge on any atom is -0.295 e. The minimum atomic E-state index is -0.657. The van der Waals surface area contributed by atoms with E-state index in [2.05, 4.69) is 222 Å². The van der Waals surface area contributed by atoms with Crippen LogP contribution in [0.15, 0.2) is 243 Å². The van der Waals surface area contributed by atoms with Gasteiger partial charge in [-0.15, -0.1) is 0 Å². The zero-order valence-corrected chi connectivity index (χ0v) is 33.4. The fourth-order valence-electron chi connectivity index (χ4n) is 9.40. The van der Waals surface area contributed by atoms with Gasteiger partial charge in [-0.1, -0.05) is 152 Å². The van der Waals surface area contributed by atoms with Gasteiger partial charge in [-0.2, -0.15) is 0 Å². The van der Waals surface area contributed by atoms with Crippen LogP contribution in [0.4, 0.5) is 34.4 Å². The number of aromatic nitrogens is 2. The Morgan fingerprint density at radius 3 is 1.51 bits per heavy atom. The summed E-state index contributed by atoms with van der Waals surface area (Å²) in [6, 6.07) is 82.7. The molecular weight excluding hydrogens is 741 g/mol. The highest BCUT2D eigenvalue weighted by molar-refractivity contribution is 6.06. The van der Waals surface area contributed by atoms with Crippen molar-refractivity contribution in [2.24, 2.45) is 0 Å². The molecule has 4 heteroatoms. The van der Waals surface area contributed by atoms with Crippen LogP contribution in [0.2, 0.25) is 0 Å². The molecule has 0 fully saturated rings. The van der Waals surface area contributed by atoms with Gasteiger partial charge in [-0.3, -0.25) is 9.80 Å². The van der Waals surface area contributed by atoms with Crippen LogP contribution in [0.3, 0.4) is 0 Å². The van der Waals surface area contributed by atoms with Crippen molar-refractivity contribution in [1.29, 1.82) is 0 Å². The normalized spacial score (nSPS) is 14.0. The molecule has 0 N–H and O–H groups in total. The van der Waals surface area contributed by atoms with Crippen LogP contribution in [-0.4, -0.2) is 9.97 Å². The second-order valence-electron chi connectivity index (χ2n) is 15.4. The number of pyridine rings is 2. The third kappa shape index (κ3) is 6.16. The van der Waals surface area contributed by atoms with Crippen molar-refractivity contribution in [3.8, 4) is 22.3 Å². The summed E-state index contributed by atoms with van der Waals surface area (Å²) in [6.45, 7) is 0. The first kappa shape index (κ1) is 36.0. The molecule has 1 atom stereocenters. The Hall–Kier alpha value is -8.08. The zero-order chi connectivity index (χ0) is 40.6. The highest BCUT2D eigenvalue weighted by atomic mass is 15.2. The molecule has 1 aliphatic rings. The highest BCUT2D eigenvalue weighted by Gasteiger charge is 2.47. The Labute approximate surface area is 356 Å². The van der Waals surface area contributed by atoms with Gasteiger partial charge >= 0.3 is 0 Å². The van der Waals surface area contributed by atoms with Crippen LogP contribution in [0.25, 0.3) is 33.0 Å². The van der Waals surface area contributed by atoms with Crippen molar-refractivity contribution in [3.63, 3.8) is 0 Å². The van der Waals surface area contributed by atoms with Crippen LogP contribution >= 0.6 is 0 Å². The van der Waals surface area contributed by atoms with Gasteiger partial charge in [-0.25, -0.2) is 9.97 Å². The van der Waals surface area contributed by atoms with Crippen LogP contribution in [0.5, 0.6) is 0 Å². The molecule has 1 unspecified atom stereocenters. The Bertz CT molecular complexity index is 3040. The quantitative estimate of drug-likeness (QED) is 0.146. The van der Waals surface area contributed by atoms with Gasteiger partial charge in [0.2, 0.25) is 0 Å². The van der Waals surface area contributed by atoms with Gasteiger partial charge in [0.05, 0.1) is 5.41 Å². The number of fused-ring (bicyclic) bond motifs is 5. The lowest BCUT2D eigenvalue weighted by atomic mass is 9.67. The van der Waals surface area contributed by atoms with Gasteiger partial charge < -0.3 is 0 Å². The first-order valence-electron chi connectivity index (χ1n) is 20.7. The molecule has 0 saturated carbocycles. The van der Waals surface area contributed by atoms with E-state index in [0.717, 1.165) is 39.8 Å². The fraction of sp³-hybridized carbons (Fsp3) is 0.0175. The third-order valence-corrected chi connectivity index (χ3v) is 12.0. The number of para-hydroxylation sites is 2. The van der Waals surface area contributed by atoms with Gasteiger partial charge in [-0.05, 0) is 134 Å². The fourth-order valence-corrected chi connectivity index (χ4v) is 9.40. The summed E-state index contributed by atoms with van der Waals surface area (Å²) >= 11 is 0. The molecule has 11 rings (SSSR count). The van der Waals surface area contributed by atoms with Crippen molar-refractivity contribution in [3.05, 3.63) is 265 Å². The summed E-state index contributed by atoms with van der Waals surface area (Å²) in [4.78, 5) is 14.2. The third-order valence-electron chi connectivity index (χ3n) is 12.0. The number of anilines is 6. The van der Waals surface area contributed by atoms with E-state index < -0.39 is 5.41 Å². The van der Waals surface area contributed by atoms with Crippen molar-refractivity contribution in [2.75, 3.05) is 9.80 Å². The first-order chi connectivity index (χ1) is 30.3. The molecule has 0 aliphatic heterocycles. The largest absolute Gasteiger partial charge is 0.295 e. The van der Waals surface area contributed by atoms with Crippen LogP contribution in [0.1, 0.15) is 22.3 Å². The summed E-state index contributed by atoms with van der Waals surface area (Å²) < 4.78 is 0. The molecule has 8 aromatic carbocycles. The molecule has 61 heavy (non-hydrogen) atoms. The molecule has 0 spiro atoms. The average Bonchev–Trinajstić information content (AvgIpc) is 3.64. The molecule has 288 valence electrons. The van der Waals surface area contributed by atoms with Crippen molar-refractivity contribution in [2.45, 2.75) is 5.41 Å². The monoisotopic (exact) mass is 780 g/mol. The first-order valence-corrected chi connectivity index (χ1v) is 20.7. The zero-order valence-electron chi connectivity index (χ0n) is 33.4. The molecule has 0 saturated heterocycles. The second-order valence-corrected chi connectivity index (χ2v) is 15.4. The maximum Gasteiger partial charge on any atom is 0.137 e. The Morgan fingerprint density at radius 1 is 0.344 bits per heavy atom. The van der Waals surface area contributed by atoms with E-state index in [1.807, 2.05) is 30.6 Å². The Balaban J connectivity index is 1.20. The lowest BCUT2D eigenvalue weighted by Crippen LogP contribution is -2.29. The minimum absolute atomic E-state index is 0.657. The number of benzene rings is 8. The maximum absolute atomic E-state index is 4.89. The summed E-state index contributed by atoms with van der Waals surface area (Å²) in [5.41, 5.74) is 13.2. The van der Waals surface area contributed by atoms with E-state index in [9.17, 15) is 0 Å². The van der Waals surface area contributed by atoms with Gasteiger partial charge in [0.1, 0.15) is 11.6 Å². The SMILES string of the molecule is c1ccc(-c2cccc(C3(c4ccccc4)c4cc(N(c5ccccc5)c5ccccn5)ccc4-c4c3ccc3cc(N(c5ccccc5)c5ccccn5)ccc43)c2)cc1. The number of hydrogen-bond donors (Lipinski definition) is 0. The molecule has 0 bridgehead atoms. The van der Waals surface area contributed by atoms with Crippen LogP contribution < -0.4 is 9.80 Å². The number of hydrogen-bond acceptors (Lipinski definition) is 4. The second kappa shape index (κ2) is 15.3. The lowest BCUT2D eigenvalue weighted by molar-refractivity contribution is 0.769. The van der Waals surface area contributed by atoms with Crippen molar-refractivity contribution in [1.82, 2.24) is 9.97 Å². The number of nitrogens with zero attached hydrogens (tertiary/aromatic N) is 4. The molecule has 10 aromatic rings. The van der Waals surface area contributed by atoms with E-state index in [1.54, 1.807) is 0 Å². The topological polar surface area (TPSA) is 32.3 Å². The van der Waals surface area contributed by atoms with Gasteiger partial charge in [0, 0.05) is 35.1 Å². The predicted octanol–water partition coefficient (Wildman–Crippen LogP) is 14.6. The standard InChI is InChI=1S/C57H40N4/c1-5-18-41(19-6-1)42-20-17-23-45(38-42)57(44-21-7-2-8-22-44)52-35-30-43-39-48(60(46-24-9-3-10-25-46)54-28-13-15-36-58-54)31-33-50(43)56(52)51-34-32-49(40-53(51)57)61(47-26-11-4-12-27-47)55-29-14-16-37-59-55/h1-40H. The summed E-state index contributed by atoms with van der Waals surface area (Å²) in [7, 11) is 0. The summed E-state index contributed by atoms with van der Waals surface area (Å²) in [5, 5.41) is 2.36. The molecule has 0 amide bonds. The lowest BCUT2D eigenvalue weighted by Gasteiger charge is -2.35. The molecule has 1 aliphatic carbocycles. The highest BCUT2D eigenvalue weighted by Crippen LogP contribution is 2.59. The molecule has 2 aromatic heterocycles. The van der Waals surface area contributed by atoms with E-state index in [-0.39, 0.29) is 0 Å². The van der Waals surface area contributed by atoms with Crippen molar-refractivity contribution >= 4 is 45.2 Å². The molecule has 4 nitrogen and oxygen atoms in total. The van der Waals surface area contributed by atoms with Gasteiger partial charge in [0.15, 0.2) is 0 Å². The Morgan fingerprint density at radius 2 is 0.885 bits per heavy atom. The van der Waals surface area contributed by atoms with E-state index in [1.165, 1.54) is 49.9 Å². The van der Waals surface area contributed by atoms with Crippen LogP contribution in [-0.2, 0) is 5.41 Å². The van der Waals surface area contributed by atoms with Gasteiger partial charge in [0.25, 0.3) is 0 Å². The molecule has 0 radical (unpaired) electrons. The molecular formula is C57H40N4. The maximum atomic E-state index is 4.89. The number of rotatable bonds is 9. The van der Waals surface area contributed by atoms with Crippen LogP contribution in [0, 0.1) is 0 Å².